The average molecular weight is 409 g/mol. The standard InChI is InChI=1S/C18H21BrN2O4/c1-24-15-5-4-6-16(11-15)25-13-17(22)20-9-2-3-10-21-12-14(19)7-8-18(21)23/h4-8,11-12H,2-3,9-10,13H2,1H3,(H,20,22). The summed E-state index contributed by atoms with van der Waals surface area (Å²) in [6.07, 6.45) is 3.35. The Balaban J connectivity index is 1.63. The van der Waals surface area contributed by atoms with E-state index in [1.165, 1.54) is 6.07 Å². The van der Waals surface area contributed by atoms with Gasteiger partial charge in [0.15, 0.2) is 6.61 Å². The normalized spacial score (nSPS) is 10.3. The van der Waals surface area contributed by atoms with Gasteiger partial charge in [-0.25, -0.2) is 0 Å². The zero-order valence-corrected chi connectivity index (χ0v) is 15.6. The maximum atomic E-state index is 11.8. The van der Waals surface area contributed by atoms with Crippen molar-refractivity contribution in [1.82, 2.24) is 9.88 Å². The molecule has 0 saturated carbocycles. The maximum absolute atomic E-state index is 11.8. The summed E-state index contributed by atoms with van der Waals surface area (Å²) < 4.78 is 13.0. The molecule has 0 bridgehead atoms. The van der Waals surface area contributed by atoms with E-state index in [0.717, 1.165) is 17.3 Å². The van der Waals surface area contributed by atoms with Crippen LogP contribution < -0.4 is 20.3 Å². The van der Waals surface area contributed by atoms with Gasteiger partial charge in [-0.3, -0.25) is 9.59 Å². The Hall–Kier alpha value is -2.28. The number of hydrogen-bond donors (Lipinski definition) is 1. The third-order valence-electron chi connectivity index (χ3n) is 3.51. The van der Waals surface area contributed by atoms with Gasteiger partial charge in [0.1, 0.15) is 11.5 Å². The summed E-state index contributed by atoms with van der Waals surface area (Å²) in [5, 5.41) is 2.80. The number of halogens is 1. The number of pyridine rings is 1. The van der Waals surface area contributed by atoms with Crippen LogP contribution in [0, 0.1) is 0 Å². The van der Waals surface area contributed by atoms with Crippen molar-refractivity contribution in [3.63, 3.8) is 0 Å². The molecule has 2 aromatic rings. The fraction of sp³-hybridized carbons (Fsp3) is 0.333. The van der Waals surface area contributed by atoms with Crippen LogP contribution in [-0.4, -0.2) is 30.7 Å². The van der Waals surface area contributed by atoms with Gasteiger partial charge in [0.2, 0.25) is 0 Å². The monoisotopic (exact) mass is 408 g/mol. The Morgan fingerprint density at radius 1 is 1.20 bits per heavy atom. The summed E-state index contributed by atoms with van der Waals surface area (Å²) in [5.41, 5.74) is -0.0288. The molecule has 0 atom stereocenters. The highest BCUT2D eigenvalue weighted by Gasteiger charge is 2.03. The van der Waals surface area contributed by atoms with E-state index in [-0.39, 0.29) is 18.1 Å². The van der Waals surface area contributed by atoms with Crippen molar-refractivity contribution in [1.29, 1.82) is 0 Å². The SMILES string of the molecule is COc1cccc(OCC(=O)NCCCCn2cc(Br)ccc2=O)c1. The van der Waals surface area contributed by atoms with Crippen molar-refractivity contribution in [2.45, 2.75) is 19.4 Å². The van der Waals surface area contributed by atoms with Gasteiger partial charge < -0.3 is 19.4 Å². The Morgan fingerprint density at radius 3 is 2.80 bits per heavy atom. The minimum Gasteiger partial charge on any atom is -0.497 e. The summed E-state index contributed by atoms with van der Waals surface area (Å²) in [5.74, 6) is 1.09. The highest BCUT2D eigenvalue weighted by atomic mass is 79.9. The molecule has 1 heterocycles. The van der Waals surface area contributed by atoms with E-state index in [0.29, 0.717) is 24.6 Å². The highest BCUT2D eigenvalue weighted by Crippen LogP contribution is 2.18. The van der Waals surface area contributed by atoms with Gasteiger partial charge in [0.25, 0.3) is 11.5 Å². The molecule has 134 valence electrons. The molecule has 0 aliphatic carbocycles. The molecule has 0 aliphatic rings. The van der Waals surface area contributed by atoms with E-state index in [2.05, 4.69) is 21.2 Å². The molecular formula is C18H21BrN2O4. The van der Waals surface area contributed by atoms with Gasteiger partial charge in [-0.1, -0.05) is 6.07 Å². The number of carbonyl (C=O) groups is 1. The third-order valence-corrected chi connectivity index (χ3v) is 3.98. The molecule has 7 heteroatoms. The van der Waals surface area contributed by atoms with Crippen LogP contribution in [0.15, 0.2) is 51.9 Å². The zero-order valence-electron chi connectivity index (χ0n) is 14.0. The molecule has 1 aromatic heterocycles. The molecular weight excluding hydrogens is 388 g/mol. The van der Waals surface area contributed by atoms with Crippen LogP contribution in [-0.2, 0) is 11.3 Å². The lowest BCUT2D eigenvalue weighted by atomic mass is 10.3. The summed E-state index contributed by atoms with van der Waals surface area (Å²) in [6.45, 7) is 1.12. The second-order valence-electron chi connectivity index (χ2n) is 5.40. The minimum atomic E-state index is -0.178. The second kappa shape index (κ2) is 9.88. The number of nitrogens with one attached hydrogen (secondary N) is 1. The summed E-state index contributed by atoms with van der Waals surface area (Å²) in [7, 11) is 1.58. The van der Waals surface area contributed by atoms with Crippen LogP contribution in [0.3, 0.4) is 0 Å². The Morgan fingerprint density at radius 2 is 2.00 bits per heavy atom. The quantitative estimate of drug-likeness (QED) is 0.647. The van der Waals surface area contributed by atoms with Gasteiger partial charge in [-0.2, -0.15) is 0 Å². The van der Waals surface area contributed by atoms with Gasteiger partial charge in [0.05, 0.1) is 7.11 Å². The smallest absolute Gasteiger partial charge is 0.257 e. The lowest BCUT2D eigenvalue weighted by molar-refractivity contribution is -0.123. The molecule has 1 aromatic carbocycles. The molecule has 0 spiro atoms. The first-order valence-corrected chi connectivity index (χ1v) is 8.77. The predicted molar refractivity (Wildman–Crippen MR) is 99.1 cm³/mol. The summed E-state index contributed by atoms with van der Waals surface area (Å²) in [4.78, 5) is 23.4. The molecule has 0 unspecified atom stereocenters. The Kier molecular flexibility index (Phi) is 7.53. The fourth-order valence-electron chi connectivity index (χ4n) is 2.20. The number of nitrogens with zero attached hydrogens (tertiary/aromatic N) is 1. The number of aryl methyl sites for hydroxylation is 1. The van der Waals surface area contributed by atoms with Crippen molar-refractivity contribution >= 4 is 21.8 Å². The van der Waals surface area contributed by atoms with Crippen molar-refractivity contribution < 1.29 is 14.3 Å². The largest absolute Gasteiger partial charge is 0.497 e. The topological polar surface area (TPSA) is 69.6 Å². The highest BCUT2D eigenvalue weighted by molar-refractivity contribution is 9.10. The fourth-order valence-corrected chi connectivity index (χ4v) is 2.58. The van der Waals surface area contributed by atoms with E-state index < -0.39 is 0 Å². The number of methoxy groups -OCH3 is 1. The summed E-state index contributed by atoms with van der Waals surface area (Å²) >= 11 is 3.35. The lowest BCUT2D eigenvalue weighted by Crippen LogP contribution is -2.30. The average Bonchev–Trinajstić information content (AvgIpc) is 2.62. The van der Waals surface area contributed by atoms with E-state index in [1.807, 2.05) is 6.07 Å². The number of amides is 1. The van der Waals surface area contributed by atoms with Crippen LogP contribution in [0.2, 0.25) is 0 Å². The lowest BCUT2D eigenvalue weighted by Gasteiger charge is -2.09. The number of benzene rings is 1. The maximum Gasteiger partial charge on any atom is 0.257 e. The predicted octanol–water partition coefficient (Wildman–Crippen LogP) is 2.59. The molecule has 0 saturated heterocycles. The molecule has 0 aliphatic heterocycles. The first-order valence-electron chi connectivity index (χ1n) is 7.98. The first-order chi connectivity index (χ1) is 12.1. The van der Waals surface area contributed by atoms with Crippen LogP contribution in [0.1, 0.15) is 12.8 Å². The number of rotatable bonds is 9. The number of carbonyl (C=O) groups excluding carboxylic acids is 1. The van der Waals surface area contributed by atoms with Gasteiger partial charge in [-0.15, -0.1) is 0 Å². The van der Waals surface area contributed by atoms with Crippen molar-refractivity contribution in [2.75, 3.05) is 20.3 Å². The zero-order chi connectivity index (χ0) is 18.1. The molecule has 2 rings (SSSR count). The third kappa shape index (κ3) is 6.62. The number of aromatic nitrogens is 1. The molecule has 6 nitrogen and oxygen atoms in total. The number of ether oxygens (including phenoxy) is 2. The van der Waals surface area contributed by atoms with Crippen LogP contribution >= 0.6 is 15.9 Å². The van der Waals surface area contributed by atoms with Gasteiger partial charge in [0, 0.05) is 35.9 Å². The molecule has 0 fully saturated rings. The van der Waals surface area contributed by atoms with Crippen molar-refractivity contribution in [2.24, 2.45) is 0 Å². The molecule has 1 N–H and O–H groups in total. The second-order valence-corrected chi connectivity index (χ2v) is 6.32. The van der Waals surface area contributed by atoms with Crippen molar-refractivity contribution in [3.05, 3.63) is 57.4 Å². The first kappa shape index (κ1) is 19.1. The van der Waals surface area contributed by atoms with Gasteiger partial charge in [-0.05, 0) is 47.0 Å². The van der Waals surface area contributed by atoms with E-state index in [9.17, 15) is 9.59 Å². The van der Waals surface area contributed by atoms with E-state index >= 15 is 0 Å². The molecule has 1 amide bonds. The minimum absolute atomic E-state index is 0.0288. The number of unbranched alkanes of at least 4 members (excludes halogenated alkanes) is 1. The van der Waals surface area contributed by atoms with E-state index in [1.54, 1.807) is 42.1 Å². The van der Waals surface area contributed by atoms with Crippen LogP contribution in [0.5, 0.6) is 11.5 Å². The van der Waals surface area contributed by atoms with Gasteiger partial charge >= 0.3 is 0 Å². The molecule has 25 heavy (non-hydrogen) atoms. The number of hydrogen-bond acceptors (Lipinski definition) is 4. The van der Waals surface area contributed by atoms with E-state index in [4.69, 9.17) is 9.47 Å². The Labute approximate surface area is 154 Å². The summed E-state index contributed by atoms with van der Waals surface area (Å²) in [6, 6.07) is 10.4. The van der Waals surface area contributed by atoms with Crippen molar-refractivity contribution in [3.8, 4) is 11.5 Å². The van der Waals surface area contributed by atoms with Crippen LogP contribution in [0.25, 0.3) is 0 Å². The molecule has 0 radical (unpaired) electrons. The Bertz CT molecular complexity index is 761. The van der Waals surface area contributed by atoms with Crippen LogP contribution in [0.4, 0.5) is 0 Å².